The molecule has 0 spiro atoms. The molecule has 0 heterocycles. The summed E-state index contributed by atoms with van der Waals surface area (Å²) < 4.78 is 119. The molecule has 0 aliphatic heterocycles. The summed E-state index contributed by atoms with van der Waals surface area (Å²) in [5.41, 5.74) is -1.44. The van der Waals surface area contributed by atoms with Gasteiger partial charge in [-0.15, -0.1) is 0 Å². The van der Waals surface area contributed by atoms with Crippen LogP contribution in [0.4, 0.5) is 45.2 Å². The van der Waals surface area contributed by atoms with Crippen LogP contribution >= 0.6 is 0 Å². The van der Waals surface area contributed by atoms with Gasteiger partial charge in [-0.2, -0.15) is 39.5 Å². The average Bonchev–Trinajstić information content (AvgIpc) is 2.45. The highest BCUT2D eigenvalue weighted by Crippen LogP contribution is 2.53. The molecule has 0 aliphatic carbocycles. The van der Waals surface area contributed by atoms with Gasteiger partial charge < -0.3 is 5.32 Å². The fourth-order valence-electron chi connectivity index (χ4n) is 1.88. The minimum absolute atomic E-state index is 0.202. The van der Waals surface area contributed by atoms with Crippen molar-refractivity contribution in [3.8, 4) is 0 Å². The summed E-state index contributed by atoms with van der Waals surface area (Å²) in [6.45, 7) is 4.94. The normalized spacial score (nSPS) is 15.1. The summed E-state index contributed by atoms with van der Waals surface area (Å²) in [5.74, 6) is -21.7. The van der Waals surface area contributed by atoms with Gasteiger partial charge in [0.05, 0.1) is 5.54 Å². The van der Waals surface area contributed by atoms with Crippen molar-refractivity contribution in [2.24, 2.45) is 4.99 Å². The third kappa shape index (κ3) is 4.49. The zero-order valence-electron chi connectivity index (χ0n) is 14.7. The van der Waals surface area contributed by atoms with E-state index in [2.05, 4.69) is 4.99 Å². The Morgan fingerprint density at radius 3 is 1.70 bits per heavy atom. The van der Waals surface area contributed by atoms with E-state index in [0.29, 0.717) is 0 Å². The molecule has 0 unspecified atom stereocenters. The fourth-order valence-corrected chi connectivity index (χ4v) is 1.88. The highest BCUT2D eigenvalue weighted by Gasteiger charge is 2.83. The molecule has 0 radical (unpaired) electrons. The number of rotatable bonds is 4. The first kappa shape index (κ1) is 23.1. The molecule has 2 nitrogen and oxygen atoms in total. The monoisotopic (exact) mass is 408 g/mol. The summed E-state index contributed by atoms with van der Waals surface area (Å²) in [6, 6.07) is 5.34. The van der Waals surface area contributed by atoms with Crippen molar-refractivity contribution in [3.05, 3.63) is 29.8 Å². The van der Waals surface area contributed by atoms with Gasteiger partial charge >= 0.3 is 23.9 Å². The van der Waals surface area contributed by atoms with Crippen LogP contribution < -0.4 is 5.32 Å². The number of benzene rings is 1. The van der Waals surface area contributed by atoms with E-state index in [-0.39, 0.29) is 11.3 Å². The molecule has 0 saturated heterocycles. The van der Waals surface area contributed by atoms with Crippen molar-refractivity contribution >= 4 is 11.5 Å². The summed E-state index contributed by atoms with van der Waals surface area (Å²) >= 11 is 0. The quantitative estimate of drug-likeness (QED) is 0.365. The van der Waals surface area contributed by atoms with Crippen LogP contribution in [0.1, 0.15) is 26.3 Å². The van der Waals surface area contributed by atoms with Gasteiger partial charge in [0.15, 0.2) is 5.84 Å². The summed E-state index contributed by atoms with van der Waals surface area (Å²) in [6.07, 6.45) is -6.89. The minimum Gasteiger partial charge on any atom is -0.339 e. The van der Waals surface area contributed by atoms with Crippen LogP contribution in [-0.4, -0.2) is 35.3 Å². The second-order valence-corrected chi connectivity index (χ2v) is 6.79. The SMILES string of the molecule is Cc1ccccc1NC(=NC(C)(C)C)C(F)(F)C(F)(F)C(F)(F)C(F)(F)F. The van der Waals surface area contributed by atoms with Gasteiger partial charge in [-0.3, -0.25) is 4.99 Å². The lowest BCUT2D eigenvalue weighted by atomic mass is 10.0. The number of alkyl halides is 9. The average molecular weight is 408 g/mol. The maximum absolute atomic E-state index is 14.3. The number of aliphatic imine (C=N–C) groups is 1. The van der Waals surface area contributed by atoms with E-state index in [1.807, 2.05) is 0 Å². The number of nitrogens with zero attached hydrogens (tertiary/aromatic N) is 1. The minimum atomic E-state index is -6.99. The third-order valence-corrected chi connectivity index (χ3v) is 3.29. The van der Waals surface area contributed by atoms with E-state index in [1.54, 1.807) is 5.32 Å². The van der Waals surface area contributed by atoms with Crippen LogP contribution in [0.25, 0.3) is 0 Å². The Hall–Kier alpha value is -1.94. The molecule has 1 N–H and O–H groups in total. The zero-order chi connectivity index (χ0) is 21.5. The first-order valence-electron chi connectivity index (χ1n) is 7.48. The van der Waals surface area contributed by atoms with Crippen molar-refractivity contribution in [3.63, 3.8) is 0 Å². The van der Waals surface area contributed by atoms with Crippen molar-refractivity contribution in [1.29, 1.82) is 0 Å². The maximum atomic E-state index is 14.3. The van der Waals surface area contributed by atoms with Crippen LogP contribution in [0.5, 0.6) is 0 Å². The second-order valence-electron chi connectivity index (χ2n) is 6.79. The Morgan fingerprint density at radius 2 is 1.30 bits per heavy atom. The third-order valence-electron chi connectivity index (χ3n) is 3.29. The largest absolute Gasteiger partial charge is 0.460 e. The van der Waals surface area contributed by atoms with Crippen molar-refractivity contribution < 1.29 is 39.5 Å². The Labute approximate surface area is 149 Å². The molecule has 0 saturated carbocycles. The van der Waals surface area contributed by atoms with Gasteiger partial charge in [0.2, 0.25) is 0 Å². The van der Waals surface area contributed by atoms with Gasteiger partial charge in [0.1, 0.15) is 0 Å². The van der Waals surface area contributed by atoms with E-state index < -0.39 is 35.3 Å². The highest BCUT2D eigenvalue weighted by molar-refractivity contribution is 6.02. The predicted octanol–water partition coefficient (Wildman–Crippen LogP) is 6.07. The number of hydrogen-bond donors (Lipinski definition) is 1. The number of nitrogens with one attached hydrogen (secondary N) is 1. The molecule has 11 heteroatoms. The molecule has 0 amide bonds. The molecule has 0 fully saturated rings. The molecule has 0 aromatic heterocycles. The second kappa shape index (κ2) is 6.90. The summed E-state index contributed by atoms with van der Waals surface area (Å²) in [4.78, 5) is 3.25. The topological polar surface area (TPSA) is 24.4 Å². The van der Waals surface area contributed by atoms with Gasteiger partial charge in [-0.05, 0) is 39.3 Å². The van der Waals surface area contributed by atoms with Gasteiger partial charge in [0, 0.05) is 5.69 Å². The van der Waals surface area contributed by atoms with Crippen molar-refractivity contribution in [2.45, 2.75) is 57.2 Å². The van der Waals surface area contributed by atoms with Crippen molar-refractivity contribution in [1.82, 2.24) is 0 Å². The van der Waals surface area contributed by atoms with Crippen LogP contribution in [0, 0.1) is 6.92 Å². The van der Waals surface area contributed by atoms with Crippen LogP contribution in [0.2, 0.25) is 0 Å². The van der Waals surface area contributed by atoms with Crippen LogP contribution in [-0.2, 0) is 0 Å². The van der Waals surface area contributed by atoms with E-state index >= 15 is 0 Å². The number of anilines is 1. The fraction of sp³-hybridized carbons (Fsp3) is 0.562. The maximum Gasteiger partial charge on any atom is 0.460 e. The molecular weight excluding hydrogens is 391 g/mol. The van der Waals surface area contributed by atoms with Gasteiger partial charge in [-0.1, -0.05) is 18.2 Å². The lowest BCUT2D eigenvalue weighted by molar-refractivity contribution is -0.384. The first-order chi connectivity index (χ1) is 11.8. The molecule has 0 atom stereocenters. The lowest BCUT2D eigenvalue weighted by Crippen LogP contribution is -2.64. The zero-order valence-corrected chi connectivity index (χ0v) is 14.7. The highest BCUT2D eigenvalue weighted by atomic mass is 19.4. The number of halogens is 9. The molecule has 154 valence electrons. The van der Waals surface area contributed by atoms with E-state index in [9.17, 15) is 39.5 Å². The molecular formula is C16H17F9N2. The lowest BCUT2D eigenvalue weighted by Gasteiger charge is -2.35. The number of hydrogen-bond acceptors (Lipinski definition) is 1. The molecule has 1 aromatic carbocycles. The number of para-hydroxylation sites is 1. The van der Waals surface area contributed by atoms with Gasteiger partial charge in [0.25, 0.3) is 0 Å². The summed E-state index contributed by atoms with van der Waals surface area (Å²) in [7, 11) is 0. The number of aryl methyl sites for hydroxylation is 1. The van der Waals surface area contributed by atoms with E-state index in [1.165, 1.54) is 45.9 Å². The van der Waals surface area contributed by atoms with Crippen molar-refractivity contribution in [2.75, 3.05) is 5.32 Å². The standard InChI is InChI=1S/C16H17F9N2/c1-9-7-5-6-8-10(9)26-11(27-12(2,3)4)13(17,18)14(19,20)15(21,22)16(23,24)25/h5-8H,1-4H3,(H,26,27). The smallest absolute Gasteiger partial charge is 0.339 e. The molecule has 1 aromatic rings. The Kier molecular flexibility index (Phi) is 5.90. The number of amidine groups is 1. The Morgan fingerprint density at radius 1 is 0.815 bits per heavy atom. The van der Waals surface area contributed by atoms with E-state index in [0.717, 1.165) is 6.07 Å². The summed E-state index contributed by atoms with van der Waals surface area (Å²) in [5, 5.41) is 1.79. The molecule has 0 bridgehead atoms. The van der Waals surface area contributed by atoms with Crippen LogP contribution in [0.3, 0.4) is 0 Å². The molecule has 27 heavy (non-hydrogen) atoms. The van der Waals surface area contributed by atoms with Crippen LogP contribution in [0.15, 0.2) is 29.3 Å². The van der Waals surface area contributed by atoms with E-state index in [4.69, 9.17) is 0 Å². The predicted molar refractivity (Wildman–Crippen MR) is 82.9 cm³/mol. The molecule has 0 aliphatic rings. The Bertz CT molecular complexity index is 701. The Balaban J connectivity index is 3.57. The first-order valence-corrected chi connectivity index (χ1v) is 7.48. The molecule has 1 rings (SSSR count). The van der Waals surface area contributed by atoms with Gasteiger partial charge in [-0.25, -0.2) is 0 Å².